The first-order chi connectivity index (χ1) is 13.5. The highest BCUT2D eigenvalue weighted by Gasteiger charge is 2.40. The van der Waals surface area contributed by atoms with E-state index in [1.165, 1.54) is 23.4 Å². The first-order valence-corrected chi connectivity index (χ1v) is 9.41. The number of likely N-dealkylation sites (N-methyl/N-ethyl adjacent to an activating group) is 1. The maximum Gasteiger partial charge on any atom is 0.137 e. The Labute approximate surface area is 171 Å². The second-order valence-electron chi connectivity index (χ2n) is 8.18. The summed E-state index contributed by atoms with van der Waals surface area (Å²) in [5, 5.41) is 15.6. The fourth-order valence-corrected chi connectivity index (χ4v) is 2.90. The fourth-order valence-electron chi connectivity index (χ4n) is 2.90. The minimum atomic E-state index is -1.66. The minimum Gasteiger partial charge on any atom is -0.381 e. The van der Waals surface area contributed by atoms with Crippen molar-refractivity contribution in [2.75, 3.05) is 13.6 Å². The molecule has 1 aromatic heterocycles. The molecular weight excluding hydrogens is 374 g/mol. The average molecular weight is 402 g/mol. The Morgan fingerprint density at radius 2 is 2.03 bits per heavy atom. The lowest BCUT2D eigenvalue weighted by Gasteiger charge is -2.39. The average Bonchev–Trinajstić information content (AvgIpc) is 3.12. The third-order valence-electron chi connectivity index (χ3n) is 4.66. The highest BCUT2D eigenvalue weighted by molar-refractivity contribution is 5.27. The van der Waals surface area contributed by atoms with Crippen LogP contribution in [-0.2, 0) is 12.1 Å². The van der Waals surface area contributed by atoms with Crippen LogP contribution in [0.15, 0.2) is 43.0 Å². The molecule has 2 rings (SSSR count). The molecule has 0 amide bonds. The molecule has 7 heteroatoms. The van der Waals surface area contributed by atoms with Crippen molar-refractivity contribution in [3.63, 3.8) is 0 Å². The molecule has 0 radical (unpaired) electrons. The summed E-state index contributed by atoms with van der Waals surface area (Å²) in [6.45, 7) is 8.34. The number of rotatable bonds is 7. The highest BCUT2D eigenvalue weighted by atomic mass is 19.1. The van der Waals surface area contributed by atoms with Crippen molar-refractivity contribution in [3.8, 4) is 11.8 Å². The van der Waals surface area contributed by atoms with E-state index in [0.717, 1.165) is 12.1 Å². The summed E-state index contributed by atoms with van der Waals surface area (Å²) in [6.07, 6.45) is 6.43. The van der Waals surface area contributed by atoms with Crippen molar-refractivity contribution in [3.05, 3.63) is 60.2 Å². The molecule has 0 aliphatic heterocycles. The van der Waals surface area contributed by atoms with Gasteiger partial charge in [0.15, 0.2) is 0 Å². The van der Waals surface area contributed by atoms with Gasteiger partial charge in [-0.3, -0.25) is 4.90 Å². The number of aliphatic hydroxyl groups is 1. The maximum atomic E-state index is 14.6. The molecule has 5 nitrogen and oxygen atoms in total. The van der Waals surface area contributed by atoms with Gasteiger partial charge in [-0.1, -0.05) is 24.0 Å². The van der Waals surface area contributed by atoms with E-state index in [0.29, 0.717) is 6.54 Å². The smallest absolute Gasteiger partial charge is 0.137 e. The summed E-state index contributed by atoms with van der Waals surface area (Å²) in [4.78, 5) is 5.75. The Hall–Kier alpha value is -2.56. The Balaban J connectivity index is 2.27. The molecule has 1 aromatic carbocycles. The molecule has 156 valence electrons. The number of hydrogen-bond donors (Lipinski definition) is 1. The fraction of sp³-hybridized carbons (Fsp3) is 0.455. The van der Waals surface area contributed by atoms with E-state index in [-0.39, 0.29) is 17.5 Å². The van der Waals surface area contributed by atoms with Gasteiger partial charge in [-0.15, -0.1) is 0 Å². The molecule has 2 atom stereocenters. The Bertz CT molecular complexity index is 894. The largest absolute Gasteiger partial charge is 0.381 e. The van der Waals surface area contributed by atoms with Gasteiger partial charge >= 0.3 is 0 Å². The van der Waals surface area contributed by atoms with E-state index in [9.17, 15) is 13.9 Å². The molecule has 0 aliphatic carbocycles. The molecule has 0 unspecified atom stereocenters. The van der Waals surface area contributed by atoms with Gasteiger partial charge in [-0.2, -0.15) is 5.10 Å². The van der Waals surface area contributed by atoms with E-state index in [1.54, 1.807) is 13.0 Å². The molecule has 1 N–H and O–H groups in total. The molecule has 0 saturated heterocycles. The molecule has 2 aromatic rings. The molecule has 1 heterocycles. The summed E-state index contributed by atoms with van der Waals surface area (Å²) in [7, 11) is 1.82. The van der Waals surface area contributed by atoms with Crippen molar-refractivity contribution in [2.24, 2.45) is 5.41 Å². The molecule has 29 heavy (non-hydrogen) atoms. The van der Waals surface area contributed by atoms with Gasteiger partial charge in [-0.05, 0) is 46.9 Å². The molecule has 0 saturated carbocycles. The molecule has 0 fully saturated rings. The molecular formula is C22H28F2N4O. The van der Waals surface area contributed by atoms with Crippen molar-refractivity contribution in [2.45, 2.75) is 45.9 Å². The van der Waals surface area contributed by atoms with Crippen LogP contribution in [0.4, 0.5) is 8.78 Å². The summed E-state index contributed by atoms with van der Waals surface area (Å²) in [5.41, 5.74) is -1.74. The van der Waals surface area contributed by atoms with Crippen LogP contribution in [0, 0.1) is 28.9 Å². The van der Waals surface area contributed by atoms with Crippen molar-refractivity contribution in [1.82, 2.24) is 19.7 Å². The molecule has 0 aliphatic rings. The number of nitrogens with zero attached hydrogens (tertiary/aromatic N) is 4. The van der Waals surface area contributed by atoms with E-state index < -0.39 is 23.3 Å². The van der Waals surface area contributed by atoms with Crippen LogP contribution >= 0.6 is 0 Å². The summed E-state index contributed by atoms with van der Waals surface area (Å²) in [5.74, 6) is 4.61. The second-order valence-corrected chi connectivity index (χ2v) is 8.18. The summed E-state index contributed by atoms with van der Waals surface area (Å²) >= 11 is 0. The number of benzene rings is 1. The van der Waals surface area contributed by atoms with Crippen LogP contribution < -0.4 is 0 Å². The quantitative estimate of drug-likeness (QED) is 0.722. The van der Waals surface area contributed by atoms with Crippen LogP contribution in [0.2, 0.25) is 0 Å². The monoisotopic (exact) mass is 402 g/mol. The van der Waals surface area contributed by atoms with Gasteiger partial charge in [0.05, 0.1) is 6.54 Å². The van der Waals surface area contributed by atoms with Gasteiger partial charge in [-0.25, -0.2) is 18.4 Å². The Morgan fingerprint density at radius 3 is 2.62 bits per heavy atom. The van der Waals surface area contributed by atoms with Crippen molar-refractivity contribution >= 4 is 0 Å². The first kappa shape index (κ1) is 22.7. The second kappa shape index (κ2) is 9.29. The Kier molecular flexibility index (Phi) is 7.28. The van der Waals surface area contributed by atoms with Gasteiger partial charge in [0.2, 0.25) is 0 Å². The van der Waals surface area contributed by atoms with Gasteiger partial charge < -0.3 is 5.11 Å². The van der Waals surface area contributed by atoms with Crippen LogP contribution in [0.1, 0.15) is 33.3 Å². The summed E-state index contributed by atoms with van der Waals surface area (Å²) in [6, 6.07) is 2.67. The highest BCUT2D eigenvalue weighted by Crippen LogP contribution is 2.32. The lowest BCUT2D eigenvalue weighted by atomic mass is 9.85. The lowest BCUT2D eigenvalue weighted by Crippen LogP contribution is -2.50. The van der Waals surface area contributed by atoms with Crippen LogP contribution in [-0.4, -0.2) is 44.4 Å². The van der Waals surface area contributed by atoms with E-state index >= 15 is 0 Å². The minimum absolute atomic E-state index is 0.00486. The zero-order chi connectivity index (χ0) is 21.7. The van der Waals surface area contributed by atoms with Gasteiger partial charge in [0.25, 0.3) is 0 Å². The predicted octanol–water partition coefficient (Wildman–Crippen LogP) is 3.37. The van der Waals surface area contributed by atoms with E-state index in [2.05, 4.69) is 21.9 Å². The number of allylic oxidation sites excluding steroid dienone is 1. The maximum absolute atomic E-state index is 14.6. The predicted molar refractivity (Wildman–Crippen MR) is 109 cm³/mol. The summed E-state index contributed by atoms with van der Waals surface area (Å²) < 4.78 is 29.4. The van der Waals surface area contributed by atoms with Gasteiger partial charge in [0, 0.05) is 29.6 Å². The first-order valence-electron chi connectivity index (χ1n) is 9.41. The zero-order valence-corrected chi connectivity index (χ0v) is 17.5. The topological polar surface area (TPSA) is 54.2 Å². The van der Waals surface area contributed by atoms with Crippen molar-refractivity contribution in [1.29, 1.82) is 0 Å². The van der Waals surface area contributed by atoms with Crippen LogP contribution in [0.25, 0.3) is 0 Å². The van der Waals surface area contributed by atoms with Crippen LogP contribution in [0.5, 0.6) is 0 Å². The van der Waals surface area contributed by atoms with Crippen LogP contribution in [0.3, 0.4) is 0 Å². The van der Waals surface area contributed by atoms with E-state index in [4.69, 9.17) is 0 Å². The molecule has 0 bridgehead atoms. The third-order valence-corrected chi connectivity index (χ3v) is 4.66. The standard InChI is InChI=1S/C22H28F2N4O/c1-17(27(5)12-8-6-7-11-21(2,3)4)22(29,14-28-16-25-15-26-28)19-10-9-18(23)13-20(19)24/h6,8-10,13,15-17,29H,12,14H2,1-5H3/b8-6+/t17-,22-/m1/s1. The van der Waals surface area contributed by atoms with Gasteiger partial charge in [0.1, 0.15) is 29.9 Å². The third kappa shape index (κ3) is 6.21. The Morgan fingerprint density at radius 1 is 1.31 bits per heavy atom. The SMILES string of the molecule is C[C@@H](N(C)C/C=C/C#CC(C)(C)C)[C@](O)(Cn1cncn1)c1ccc(F)cc1F. The number of hydrogen-bond acceptors (Lipinski definition) is 4. The number of halogens is 2. The number of aromatic nitrogens is 3. The molecule has 0 spiro atoms. The van der Waals surface area contributed by atoms with E-state index in [1.807, 2.05) is 38.8 Å². The normalized spacial score (nSPS) is 15.2. The zero-order valence-electron chi connectivity index (χ0n) is 17.5. The lowest BCUT2D eigenvalue weighted by molar-refractivity contribution is -0.0543. The van der Waals surface area contributed by atoms with Crippen molar-refractivity contribution < 1.29 is 13.9 Å².